The number of alkyl halides is 2. The van der Waals surface area contributed by atoms with E-state index in [1.54, 1.807) is 0 Å². The second-order valence-electron chi connectivity index (χ2n) is 1.85. The number of hydrogen-bond donors (Lipinski definition) is 0. The summed E-state index contributed by atoms with van der Waals surface area (Å²) in [6.07, 6.45) is -2.45. The van der Waals surface area contributed by atoms with Gasteiger partial charge in [0.1, 0.15) is 9.21 Å². The van der Waals surface area contributed by atoms with Gasteiger partial charge in [-0.05, 0) is 44.0 Å². The van der Waals surface area contributed by atoms with Crippen molar-refractivity contribution in [3.63, 3.8) is 0 Å². The highest BCUT2D eigenvalue weighted by molar-refractivity contribution is 9.11. The molecule has 5 heteroatoms. The van der Waals surface area contributed by atoms with Crippen molar-refractivity contribution in [1.29, 1.82) is 0 Å². The molecule has 0 N–H and O–H groups in total. The molecule has 11 heavy (non-hydrogen) atoms. The third-order valence-corrected chi connectivity index (χ3v) is 1.85. The van der Waals surface area contributed by atoms with Gasteiger partial charge in [-0.1, -0.05) is 0 Å². The molecule has 0 saturated heterocycles. The van der Waals surface area contributed by atoms with Gasteiger partial charge < -0.3 is 0 Å². The van der Waals surface area contributed by atoms with E-state index >= 15 is 0 Å². The van der Waals surface area contributed by atoms with Gasteiger partial charge in [0.15, 0.2) is 0 Å². The minimum Gasteiger partial charge on any atom is -0.234 e. The summed E-state index contributed by atoms with van der Waals surface area (Å²) in [4.78, 5) is 3.82. The molecule has 0 amide bonds. The van der Waals surface area contributed by atoms with Crippen LogP contribution in [-0.2, 0) is 0 Å². The zero-order chi connectivity index (χ0) is 8.43. The van der Waals surface area contributed by atoms with Gasteiger partial charge in [0, 0.05) is 5.56 Å². The summed E-state index contributed by atoms with van der Waals surface area (Å²) in [7, 11) is 0. The number of pyridine rings is 1. The Labute approximate surface area is 79.1 Å². The molecular weight excluding hydrogens is 284 g/mol. The van der Waals surface area contributed by atoms with Crippen LogP contribution in [0.2, 0.25) is 0 Å². The summed E-state index contributed by atoms with van der Waals surface area (Å²) in [5, 5.41) is 0. The van der Waals surface area contributed by atoms with Crippen molar-refractivity contribution in [2.45, 2.75) is 6.43 Å². The first-order valence-electron chi connectivity index (χ1n) is 2.70. The molecule has 0 bridgehead atoms. The van der Waals surface area contributed by atoms with Crippen LogP contribution in [0.3, 0.4) is 0 Å². The van der Waals surface area contributed by atoms with Crippen molar-refractivity contribution in [3.8, 4) is 0 Å². The molecule has 0 atom stereocenters. The molecule has 0 fully saturated rings. The minimum absolute atomic E-state index is 0.0428. The van der Waals surface area contributed by atoms with Crippen molar-refractivity contribution in [2.75, 3.05) is 0 Å². The van der Waals surface area contributed by atoms with E-state index in [-0.39, 0.29) is 5.56 Å². The lowest BCUT2D eigenvalue weighted by molar-refractivity contribution is 0.151. The molecule has 1 nitrogen and oxygen atoms in total. The van der Waals surface area contributed by atoms with Crippen LogP contribution in [0.4, 0.5) is 8.78 Å². The summed E-state index contributed by atoms with van der Waals surface area (Å²) in [5.74, 6) is 0. The van der Waals surface area contributed by atoms with Crippen molar-refractivity contribution in [3.05, 3.63) is 26.9 Å². The van der Waals surface area contributed by atoms with Crippen LogP contribution in [0.25, 0.3) is 0 Å². The zero-order valence-electron chi connectivity index (χ0n) is 5.19. The summed E-state index contributed by atoms with van der Waals surface area (Å²) in [6, 6.07) is 2.57. The maximum atomic E-state index is 12.1. The predicted molar refractivity (Wildman–Crippen MR) is 44.6 cm³/mol. The van der Waals surface area contributed by atoms with Gasteiger partial charge >= 0.3 is 0 Å². The fraction of sp³-hybridized carbons (Fsp3) is 0.167. The van der Waals surface area contributed by atoms with Crippen molar-refractivity contribution >= 4 is 31.9 Å². The van der Waals surface area contributed by atoms with Crippen molar-refractivity contribution in [2.24, 2.45) is 0 Å². The van der Waals surface area contributed by atoms with Gasteiger partial charge in [-0.15, -0.1) is 0 Å². The van der Waals surface area contributed by atoms with Gasteiger partial charge in [-0.2, -0.15) is 0 Å². The molecule has 0 aliphatic rings. The highest BCUT2D eigenvalue weighted by Crippen LogP contribution is 2.23. The monoisotopic (exact) mass is 285 g/mol. The Balaban J connectivity index is 3.08. The first-order valence-corrected chi connectivity index (χ1v) is 4.29. The maximum Gasteiger partial charge on any atom is 0.264 e. The smallest absolute Gasteiger partial charge is 0.234 e. The second-order valence-corrected chi connectivity index (χ2v) is 3.47. The number of halogens is 4. The lowest BCUT2D eigenvalue weighted by Crippen LogP contribution is -1.86. The summed E-state index contributed by atoms with van der Waals surface area (Å²) < 4.78 is 24.9. The molecule has 0 aromatic carbocycles. The molecular formula is C6H3Br2F2N. The molecule has 0 unspecified atom stereocenters. The summed E-state index contributed by atoms with van der Waals surface area (Å²) >= 11 is 6.01. The maximum absolute atomic E-state index is 12.1. The van der Waals surface area contributed by atoms with Crippen LogP contribution in [0.15, 0.2) is 21.3 Å². The number of hydrogen-bond acceptors (Lipinski definition) is 1. The van der Waals surface area contributed by atoms with E-state index in [0.717, 1.165) is 0 Å². The highest BCUT2D eigenvalue weighted by atomic mass is 79.9. The Morgan fingerprint density at radius 1 is 1.18 bits per heavy atom. The van der Waals surface area contributed by atoms with Crippen molar-refractivity contribution < 1.29 is 8.78 Å². The van der Waals surface area contributed by atoms with E-state index < -0.39 is 6.43 Å². The molecule has 1 aromatic rings. The predicted octanol–water partition coefficient (Wildman–Crippen LogP) is 3.54. The second kappa shape index (κ2) is 3.58. The van der Waals surface area contributed by atoms with Gasteiger partial charge in [-0.25, -0.2) is 13.8 Å². The van der Waals surface area contributed by atoms with E-state index in [9.17, 15) is 8.78 Å². The Hall–Kier alpha value is -0.0300. The quantitative estimate of drug-likeness (QED) is 0.720. The molecule has 0 saturated carbocycles. The van der Waals surface area contributed by atoms with Gasteiger partial charge in [0.05, 0.1) is 0 Å². The average Bonchev–Trinajstić information content (AvgIpc) is 1.85. The number of aromatic nitrogens is 1. The standard InChI is InChI=1S/C6H3Br2F2N/c7-4-1-3(6(9)10)2-5(8)11-4/h1-2,6H. The van der Waals surface area contributed by atoms with E-state index in [2.05, 4.69) is 36.8 Å². The molecule has 1 aromatic heterocycles. The van der Waals surface area contributed by atoms with E-state index in [0.29, 0.717) is 9.21 Å². The third kappa shape index (κ3) is 2.48. The summed E-state index contributed by atoms with van der Waals surface area (Å²) in [6.45, 7) is 0. The van der Waals surface area contributed by atoms with Gasteiger partial charge in [0.2, 0.25) is 0 Å². The molecule has 60 valence electrons. The molecule has 1 heterocycles. The van der Waals surface area contributed by atoms with Crippen LogP contribution in [-0.4, -0.2) is 4.98 Å². The lowest BCUT2D eigenvalue weighted by atomic mass is 10.3. The summed E-state index contributed by atoms with van der Waals surface area (Å²) in [5.41, 5.74) is -0.0428. The van der Waals surface area contributed by atoms with E-state index in [1.165, 1.54) is 12.1 Å². The number of nitrogens with zero attached hydrogens (tertiary/aromatic N) is 1. The SMILES string of the molecule is FC(F)c1cc(Br)nc(Br)c1. The van der Waals surface area contributed by atoms with E-state index in [4.69, 9.17) is 0 Å². The Morgan fingerprint density at radius 2 is 1.64 bits per heavy atom. The van der Waals surface area contributed by atoms with E-state index in [1.807, 2.05) is 0 Å². The molecule has 0 radical (unpaired) electrons. The Morgan fingerprint density at radius 3 is 2.00 bits per heavy atom. The first-order chi connectivity index (χ1) is 5.09. The van der Waals surface area contributed by atoms with Crippen LogP contribution in [0, 0.1) is 0 Å². The first kappa shape index (κ1) is 9.06. The normalized spacial score (nSPS) is 10.6. The topological polar surface area (TPSA) is 12.9 Å². The van der Waals surface area contributed by atoms with Crippen LogP contribution >= 0.6 is 31.9 Å². The number of rotatable bonds is 1. The molecule has 0 spiro atoms. The molecule has 0 aliphatic carbocycles. The lowest BCUT2D eigenvalue weighted by Gasteiger charge is -1.99. The van der Waals surface area contributed by atoms with Gasteiger partial charge in [-0.3, -0.25) is 0 Å². The molecule has 1 rings (SSSR count). The Bertz CT molecular complexity index is 245. The van der Waals surface area contributed by atoms with Crippen LogP contribution in [0.5, 0.6) is 0 Å². The average molecular weight is 287 g/mol. The zero-order valence-corrected chi connectivity index (χ0v) is 8.36. The van der Waals surface area contributed by atoms with Crippen molar-refractivity contribution in [1.82, 2.24) is 4.98 Å². The third-order valence-electron chi connectivity index (χ3n) is 1.04. The largest absolute Gasteiger partial charge is 0.264 e. The fourth-order valence-electron chi connectivity index (χ4n) is 0.609. The van der Waals surface area contributed by atoms with Crippen LogP contribution < -0.4 is 0 Å². The Kier molecular flexibility index (Phi) is 2.95. The minimum atomic E-state index is -2.45. The molecule has 0 aliphatic heterocycles. The van der Waals surface area contributed by atoms with Gasteiger partial charge in [0.25, 0.3) is 6.43 Å². The fourth-order valence-corrected chi connectivity index (χ4v) is 1.76. The highest BCUT2D eigenvalue weighted by Gasteiger charge is 2.08. The van der Waals surface area contributed by atoms with Crippen LogP contribution in [0.1, 0.15) is 12.0 Å².